The average Bonchev–Trinajstić information content (AvgIpc) is 2.61. The van der Waals surface area contributed by atoms with Gasteiger partial charge in [0.25, 0.3) is 0 Å². The Balaban J connectivity index is 0.00000392. The second-order valence-corrected chi connectivity index (χ2v) is 6.93. The van der Waals surface area contributed by atoms with E-state index in [1.807, 2.05) is 11.9 Å². The highest BCUT2D eigenvalue weighted by Crippen LogP contribution is 2.35. The number of likely N-dealkylation sites (N-methyl/N-ethyl adjacent to an activating group) is 1. The molecule has 0 aliphatic carbocycles. The lowest BCUT2D eigenvalue weighted by Crippen LogP contribution is -2.45. The Morgan fingerprint density at radius 2 is 1.89 bits per heavy atom. The summed E-state index contributed by atoms with van der Waals surface area (Å²) < 4.78 is 44.0. The number of aliphatic carboxylic acids is 1. The molecular formula is C19H28ClF3N2O3. The van der Waals surface area contributed by atoms with E-state index in [0.29, 0.717) is 12.5 Å². The third kappa shape index (κ3) is 7.85. The van der Waals surface area contributed by atoms with E-state index >= 15 is 0 Å². The van der Waals surface area contributed by atoms with Gasteiger partial charge in [-0.1, -0.05) is 12.1 Å². The van der Waals surface area contributed by atoms with Gasteiger partial charge in [-0.3, -0.25) is 9.69 Å². The standard InChI is InChI=1S/C19H27F3N2O3.ClH/c1-23(14-18(25)26)15-8-11-24(12-9-15)10-4-5-13-27-17-7-3-2-6-16(17)19(20,21)22;/h2-3,6-7,15H,4-5,8-14H2,1H3,(H,25,26);1H. The lowest BCUT2D eigenvalue weighted by molar-refractivity contribution is -0.139. The van der Waals surface area contributed by atoms with Crippen LogP contribution in [0.5, 0.6) is 5.75 Å². The van der Waals surface area contributed by atoms with Gasteiger partial charge in [-0.15, -0.1) is 12.4 Å². The third-order valence-electron chi connectivity index (χ3n) is 4.88. The maximum absolute atomic E-state index is 12.9. The van der Waals surface area contributed by atoms with Gasteiger partial charge in [0.2, 0.25) is 0 Å². The van der Waals surface area contributed by atoms with Crippen molar-refractivity contribution >= 4 is 18.4 Å². The van der Waals surface area contributed by atoms with Crippen LogP contribution >= 0.6 is 12.4 Å². The van der Waals surface area contributed by atoms with Gasteiger partial charge in [-0.05, 0) is 64.5 Å². The van der Waals surface area contributed by atoms with E-state index in [-0.39, 0.29) is 31.3 Å². The van der Waals surface area contributed by atoms with Crippen LogP contribution in [0, 0.1) is 0 Å². The number of carboxylic acid groups (broad SMARTS) is 1. The summed E-state index contributed by atoms with van der Waals surface area (Å²) in [5.41, 5.74) is -0.738. The average molecular weight is 425 g/mol. The Hall–Kier alpha value is -1.51. The fourth-order valence-corrected chi connectivity index (χ4v) is 3.37. The van der Waals surface area contributed by atoms with E-state index in [9.17, 15) is 18.0 Å². The number of halogens is 4. The van der Waals surface area contributed by atoms with Gasteiger partial charge in [0, 0.05) is 6.04 Å². The molecule has 1 aromatic carbocycles. The van der Waals surface area contributed by atoms with Crippen LogP contribution in [0.2, 0.25) is 0 Å². The molecule has 5 nitrogen and oxygen atoms in total. The van der Waals surface area contributed by atoms with Crippen LogP contribution in [0.3, 0.4) is 0 Å². The molecule has 9 heteroatoms. The van der Waals surface area contributed by atoms with Gasteiger partial charge in [-0.2, -0.15) is 13.2 Å². The Bertz CT molecular complexity index is 608. The summed E-state index contributed by atoms with van der Waals surface area (Å²) in [5, 5.41) is 8.85. The lowest BCUT2D eigenvalue weighted by atomic mass is 10.0. The van der Waals surface area contributed by atoms with E-state index < -0.39 is 17.7 Å². The first-order valence-electron chi connectivity index (χ1n) is 9.21. The van der Waals surface area contributed by atoms with Crippen molar-refractivity contribution in [2.45, 2.75) is 37.9 Å². The van der Waals surface area contributed by atoms with Crippen molar-refractivity contribution in [3.63, 3.8) is 0 Å². The van der Waals surface area contributed by atoms with Crippen molar-refractivity contribution in [2.24, 2.45) is 0 Å². The molecule has 160 valence electrons. The number of alkyl halides is 3. The van der Waals surface area contributed by atoms with E-state index in [2.05, 4.69) is 4.90 Å². The number of likely N-dealkylation sites (tertiary alicyclic amines) is 1. The van der Waals surface area contributed by atoms with Gasteiger partial charge >= 0.3 is 12.1 Å². The van der Waals surface area contributed by atoms with E-state index in [4.69, 9.17) is 9.84 Å². The Labute approximate surface area is 169 Å². The summed E-state index contributed by atoms with van der Waals surface area (Å²) >= 11 is 0. The smallest absolute Gasteiger partial charge is 0.419 e. The minimum Gasteiger partial charge on any atom is -0.493 e. The summed E-state index contributed by atoms with van der Waals surface area (Å²) in [6, 6.07) is 5.56. The minimum absolute atomic E-state index is 0. The van der Waals surface area contributed by atoms with Crippen LogP contribution in [-0.4, -0.2) is 66.8 Å². The molecule has 2 rings (SSSR count). The monoisotopic (exact) mass is 424 g/mol. The van der Waals surface area contributed by atoms with Gasteiger partial charge < -0.3 is 14.7 Å². The highest BCUT2D eigenvalue weighted by molar-refractivity contribution is 5.85. The third-order valence-corrected chi connectivity index (χ3v) is 4.88. The van der Waals surface area contributed by atoms with Crippen molar-refractivity contribution in [1.29, 1.82) is 0 Å². The largest absolute Gasteiger partial charge is 0.493 e. The number of ether oxygens (including phenoxy) is 1. The SMILES string of the molecule is CN(CC(=O)O)C1CCN(CCCCOc2ccccc2C(F)(F)F)CC1.Cl. The molecule has 0 atom stereocenters. The molecule has 1 aliphatic heterocycles. The number of para-hydroxylation sites is 1. The topological polar surface area (TPSA) is 53.0 Å². The molecule has 28 heavy (non-hydrogen) atoms. The first-order chi connectivity index (χ1) is 12.8. The molecule has 1 N–H and O–H groups in total. The zero-order valence-corrected chi connectivity index (χ0v) is 16.8. The van der Waals surface area contributed by atoms with Crippen molar-refractivity contribution in [1.82, 2.24) is 9.80 Å². The Morgan fingerprint density at radius 3 is 2.50 bits per heavy atom. The van der Waals surface area contributed by atoms with Crippen LogP contribution in [0.15, 0.2) is 24.3 Å². The number of rotatable bonds is 9. The fourth-order valence-electron chi connectivity index (χ4n) is 3.37. The first kappa shape index (κ1) is 24.5. The molecule has 0 radical (unpaired) electrons. The number of hydrogen-bond acceptors (Lipinski definition) is 4. The second-order valence-electron chi connectivity index (χ2n) is 6.93. The van der Waals surface area contributed by atoms with Crippen molar-refractivity contribution in [2.75, 3.05) is 39.8 Å². The predicted molar refractivity (Wildman–Crippen MR) is 103 cm³/mol. The zero-order chi connectivity index (χ0) is 19.9. The minimum atomic E-state index is -4.41. The lowest BCUT2D eigenvalue weighted by Gasteiger charge is -2.36. The van der Waals surface area contributed by atoms with Crippen LogP contribution in [0.1, 0.15) is 31.2 Å². The maximum Gasteiger partial charge on any atom is 0.419 e. The van der Waals surface area contributed by atoms with Gasteiger partial charge in [0.1, 0.15) is 5.75 Å². The number of piperidine rings is 1. The molecule has 0 spiro atoms. The Morgan fingerprint density at radius 1 is 1.25 bits per heavy atom. The number of benzene rings is 1. The molecule has 1 aromatic rings. The number of unbranched alkanes of at least 4 members (excludes halogenated alkanes) is 1. The van der Waals surface area contributed by atoms with Gasteiger partial charge in [0.15, 0.2) is 0 Å². The summed E-state index contributed by atoms with van der Waals surface area (Å²) in [6.45, 7) is 3.00. The molecule has 0 unspecified atom stereocenters. The van der Waals surface area contributed by atoms with Crippen LogP contribution in [0.4, 0.5) is 13.2 Å². The molecule has 0 aromatic heterocycles. The Kier molecular flexibility index (Phi) is 10.1. The summed E-state index contributed by atoms with van der Waals surface area (Å²) in [7, 11) is 1.84. The normalized spacial score (nSPS) is 16.0. The van der Waals surface area contributed by atoms with Crippen molar-refractivity contribution in [3.05, 3.63) is 29.8 Å². The van der Waals surface area contributed by atoms with Gasteiger partial charge in [-0.25, -0.2) is 0 Å². The first-order valence-corrected chi connectivity index (χ1v) is 9.21. The fraction of sp³-hybridized carbons (Fsp3) is 0.632. The van der Waals surface area contributed by atoms with Crippen molar-refractivity contribution in [3.8, 4) is 5.75 Å². The quantitative estimate of drug-likeness (QED) is 0.611. The highest BCUT2D eigenvalue weighted by Gasteiger charge is 2.33. The second kappa shape index (κ2) is 11.5. The van der Waals surface area contributed by atoms with Crippen LogP contribution in [-0.2, 0) is 11.0 Å². The molecular weight excluding hydrogens is 397 g/mol. The van der Waals surface area contributed by atoms with Crippen LogP contribution < -0.4 is 4.74 Å². The zero-order valence-electron chi connectivity index (χ0n) is 16.0. The predicted octanol–water partition coefficient (Wildman–Crippen LogP) is 3.77. The number of carbonyl (C=O) groups is 1. The van der Waals surface area contributed by atoms with Crippen LogP contribution in [0.25, 0.3) is 0 Å². The molecule has 0 amide bonds. The summed E-state index contributed by atoms with van der Waals surface area (Å²) in [5.74, 6) is -0.931. The molecule has 1 saturated heterocycles. The number of nitrogens with zero attached hydrogens (tertiary/aromatic N) is 2. The van der Waals surface area contributed by atoms with Gasteiger partial charge in [0.05, 0.1) is 18.7 Å². The molecule has 1 heterocycles. The van der Waals surface area contributed by atoms with Crippen molar-refractivity contribution < 1.29 is 27.8 Å². The molecule has 0 bridgehead atoms. The highest BCUT2D eigenvalue weighted by atomic mass is 35.5. The molecule has 0 saturated carbocycles. The van der Waals surface area contributed by atoms with E-state index in [1.54, 1.807) is 0 Å². The maximum atomic E-state index is 12.9. The number of carboxylic acids is 1. The number of hydrogen-bond donors (Lipinski definition) is 1. The van der Waals surface area contributed by atoms with E-state index in [0.717, 1.165) is 45.0 Å². The summed E-state index contributed by atoms with van der Waals surface area (Å²) in [6.07, 6.45) is -1.01. The molecule has 1 aliphatic rings. The summed E-state index contributed by atoms with van der Waals surface area (Å²) in [4.78, 5) is 15.0. The molecule has 1 fully saturated rings. The van der Waals surface area contributed by atoms with E-state index in [1.165, 1.54) is 18.2 Å².